The maximum Gasteiger partial charge on any atom is 0.254 e. The number of likely N-dealkylation sites (tertiary alicyclic amines) is 1. The Hall–Kier alpha value is -3.93. The van der Waals surface area contributed by atoms with Gasteiger partial charge in [-0.15, -0.1) is 0 Å². The van der Waals surface area contributed by atoms with Crippen molar-refractivity contribution in [3.63, 3.8) is 0 Å². The number of fused-ring (bicyclic) bond motifs is 1. The number of piperidine rings is 1. The molecule has 0 saturated carbocycles. The summed E-state index contributed by atoms with van der Waals surface area (Å²) in [6, 6.07) is 13.1. The summed E-state index contributed by atoms with van der Waals surface area (Å²) in [4.78, 5) is 33.7. The number of carbonyl (C=O) groups is 1. The first-order valence-electron chi connectivity index (χ1n) is 11.8. The standard InChI is InChI=1S/C28H28N4O2/c1-20-18-23(28(34)31-16-10-5-11-17-31)26-24(33)19-25(30-21-12-6-4-7-13-21)32(27(26)29-20)22-14-8-2-3-9-15-22/h2,4,6-9,12-15,18-19,30H,3,5,10-11,16-17H2,1H3. The van der Waals surface area contributed by atoms with Gasteiger partial charge in [0.2, 0.25) is 0 Å². The van der Waals surface area contributed by atoms with Gasteiger partial charge in [-0.1, -0.05) is 36.4 Å². The molecule has 2 aliphatic rings. The number of pyridine rings is 2. The molecule has 0 atom stereocenters. The predicted octanol–water partition coefficient (Wildman–Crippen LogP) is 5.43. The molecule has 0 spiro atoms. The highest BCUT2D eigenvalue weighted by Gasteiger charge is 2.24. The molecule has 3 heterocycles. The lowest BCUT2D eigenvalue weighted by Crippen LogP contribution is -2.36. The molecular weight excluding hydrogens is 424 g/mol. The van der Waals surface area contributed by atoms with Crippen LogP contribution in [-0.2, 0) is 0 Å². The third-order valence-electron chi connectivity index (χ3n) is 6.24. The number of nitrogens with one attached hydrogen (secondary N) is 1. The molecule has 1 fully saturated rings. The molecule has 1 saturated heterocycles. The smallest absolute Gasteiger partial charge is 0.254 e. The van der Waals surface area contributed by atoms with Crippen LogP contribution in [0.5, 0.6) is 0 Å². The van der Waals surface area contributed by atoms with E-state index in [9.17, 15) is 9.59 Å². The number of hydrogen-bond acceptors (Lipinski definition) is 4. The maximum atomic E-state index is 13.5. The molecule has 172 valence electrons. The van der Waals surface area contributed by atoms with Gasteiger partial charge in [0.05, 0.1) is 10.9 Å². The predicted molar refractivity (Wildman–Crippen MR) is 137 cm³/mol. The summed E-state index contributed by atoms with van der Waals surface area (Å²) in [7, 11) is 0. The van der Waals surface area contributed by atoms with Crippen LogP contribution in [0, 0.1) is 6.92 Å². The number of anilines is 2. The fourth-order valence-electron chi connectivity index (χ4n) is 4.61. The van der Waals surface area contributed by atoms with Gasteiger partial charge in [-0.05, 0) is 63.0 Å². The molecule has 1 aromatic carbocycles. The Labute approximate surface area is 198 Å². The monoisotopic (exact) mass is 452 g/mol. The number of nitrogens with zero attached hydrogens (tertiary/aromatic N) is 3. The van der Waals surface area contributed by atoms with Crippen molar-refractivity contribution in [1.29, 1.82) is 0 Å². The first-order valence-corrected chi connectivity index (χ1v) is 11.8. The van der Waals surface area contributed by atoms with E-state index in [2.05, 4.69) is 17.5 Å². The SMILES string of the molecule is Cc1cc(C(=O)N2CCCCC2)c2c(=O)cc(Nc3ccccc3)n(C3=CC=CCC=C3)c2n1. The minimum absolute atomic E-state index is 0.0899. The maximum absolute atomic E-state index is 13.5. The van der Waals surface area contributed by atoms with Gasteiger partial charge in [-0.2, -0.15) is 0 Å². The van der Waals surface area contributed by atoms with Crippen molar-refractivity contribution in [3.05, 3.63) is 94.3 Å². The highest BCUT2D eigenvalue weighted by Crippen LogP contribution is 2.28. The third-order valence-corrected chi connectivity index (χ3v) is 6.24. The number of aromatic nitrogens is 2. The molecule has 1 aliphatic heterocycles. The molecule has 5 rings (SSSR count). The quantitative estimate of drug-likeness (QED) is 0.573. The van der Waals surface area contributed by atoms with Crippen LogP contribution >= 0.6 is 0 Å². The normalized spacial score (nSPS) is 15.8. The third kappa shape index (κ3) is 4.31. The van der Waals surface area contributed by atoms with E-state index < -0.39 is 0 Å². The molecule has 0 radical (unpaired) electrons. The number of hydrogen-bond donors (Lipinski definition) is 1. The molecule has 2 aromatic heterocycles. The van der Waals surface area contributed by atoms with E-state index in [4.69, 9.17) is 4.98 Å². The zero-order valence-electron chi connectivity index (χ0n) is 19.3. The van der Waals surface area contributed by atoms with Crippen molar-refractivity contribution in [3.8, 4) is 0 Å². The van der Waals surface area contributed by atoms with E-state index in [1.54, 1.807) is 12.1 Å². The fraction of sp³-hybridized carbons (Fsp3) is 0.250. The molecule has 0 unspecified atom stereocenters. The van der Waals surface area contributed by atoms with Crippen LogP contribution in [0.4, 0.5) is 11.5 Å². The van der Waals surface area contributed by atoms with E-state index in [1.165, 1.54) is 0 Å². The summed E-state index contributed by atoms with van der Waals surface area (Å²) < 4.78 is 1.94. The minimum Gasteiger partial charge on any atom is -0.341 e. The Kier molecular flexibility index (Phi) is 6.12. The number of allylic oxidation sites excluding steroid dienone is 6. The van der Waals surface area contributed by atoms with Crippen molar-refractivity contribution < 1.29 is 4.79 Å². The summed E-state index contributed by atoms with van der Waals surface area (Å²) in [6.45, 7) is 3.32. The second kappa shape index (κ2) is 9.51. The topological polar surface area (TPSA) is 67.2 Å². The fourth-order valence-corrected chi connectivity index (χ4v) is 4.61. The number of rotatable bonds is 4. The summed E-state index contributed by atoms with van der Waals surface area (Å²) >= 11 is 0. The molecule has 1 N–H and O–H groups in total. The summed E-state index contributed by atoms with van der Waals surface area (Å²) in [6.07, 6.45) is 14.1. The molecule has 1 aliphatic carbocycles. The van der Waals surface area contributed by atoms with Crippen molar-refractivity contribution in [2.45, 2.75) is 32.6 Å². The second-order valence-electron chi connectivity index (χ2n) is 8.74. The minimum atomic E-state index is -0.216. The van der Waals surface area contributed by atoms with Gasteiger partial charge in [0.25, 0.3) is 5.91 Å². The first-order chi connectivity index (χ1) is 16.6. The number of aryl methyl sites for hydroxylation is 1. The second-order valence-corrected chi connectivity index (χ2v) is 8.74. The Morgan fingerprint density at radius 1 is 1.03 bits per heavy atom. The molecule has 3 aromatic rings. The van der Waals surface area contributed by atoms with Crippen LogP contribution in [0.15, 0.2) is 77.6 Å². The number of benzene rings is 1. The molecule has 0 bridgehead atoms. The van der Waals surface area contributed by atoms with Gasteiger partial charge in [0.15, 0.2) is 11.1 Å². The van der Waals surface area contributed by atoms with Crippen LogP contribution in [0.3, 0.4) is 0 Å². The van der Waals surface area contributed by atoms with E-state index in [-0.39, 0.29) is 11.3 Å². The van der Waals surface area contributed by atoms with Gasteiger partial charge in [0, 0.05) is 36.2 Å². The number of para-hydroxylation sites is 1. The first kappa shape index (κ1) is 21.9. The Morgan fingerprint density at radius 2 is 1.82 bits per heavy atom. The van der Waals surface area contributed by atoms with E-state index >= 15 is 0 Å². The van der Waals surface area contributed by atoms with Crippen LogP contribution < -0.4 is 10.7 Å². The molecule has 34 heavy (non-hydrogen) atoms. The van der Waals surface area contributed by atoms with Gasteiger partial charge in [-0.25, -0.2) is 4.98 Å². The van der Waals surface area contributed by atoms with Crippen molar-refractivity contribution in [2.24, 2.45) is 0 Å². The van der Waals surface area contributed by atoms with Crippen LogP contribution in [0.25, 0.3) is 16.7 Å². The average Bonchev–Trinajstić information content (AvgIpc) is 3.13. The molecule has 6 heteroatoms. The Morgan fingerprint density at radius 3 is 2.62 bits per heavy atom. The van der Waals surface area contributed by atoms with E-state index in [0.717, 1.165) is 50.2 Å². The van der Waals surface area contributed by atoms with Crippen molar-refractivity contribution in [1.82, 2.24) is 14.5 Å². The van der Waals surface area contributed by atoms with Crippen LogP contribution in [-0.4, -0.2) is 33.4 Å². The summed E-state index contributed by atoms with van der Waals surface area (Å²) in [5, 5.41) is 3.75. The van der Waals surface area contributed by atoms with Gasteiger partial charge >= 0.3 is 0 Å². The lowest BCUT2D eigenvalue weighted by molar-refractivity contribution is 0.0726. The van der Waals surface area contributed by atoms with Crippen molar-refractivity contribution >= 4 is 34.1 Å². The highest BCUT2D eigenvalue weighted by atomic mass is 16.2. The zero-order valence-corrected chi connectivity index (χ0v) is 19.3. The molecule has 1 amide bonds. The lowest BCUT2D eigenvalue weighted by Gasteiger charge is -2.27. The Bertz CT molecular complexity index is 1380. The van der Waals surface area contributed by atoms with E-state index in [1.807, 2.05) is 65.0 Å². The van der Waals surface area contributed by atoms with Crippen LogP contribution in [0.2, 0.25) is 0 Å². The number of carbonyl (C=O) groups excluding carboxylic acids is 1. The molecular formula is C28H28N4O2. The van der Waals surface area contributed by atoms with Gasteiger partial charge < -0.3 is 10.2 Å². The molecule has 6 nitrogen and oxygen atoms in total. The van der Waals surface area contributed by atoms with Crippen molar-refractivity contribution in [2.75, 3.05) is 18.4 Å². The Balaban J connectivity index is 1.76. The highest BCUT2D eigenvalue weighted by molar-refractivity contribution is 6.06. The van der Waals surface area contributed by atoms with E-state index in [0.29, 0.717) is 28.1 Å². The largest absolute Gasteiger partial charge is 0.341 e. The van der Waals surface area contributed by atoms with Crippen LogP contribution in [0.1, 0.15) is 41.7 Å². The average molecular weight is 453 g/mol. The summed E-state index contributed by atoms with van der Waals surface area (Å²) in [5.74, 6) is 0.511. The number of amides is 1. The zero-order chi connectivity index (χ0) is 23.5. The van der Waals surface area contributed by atoms with Gasteiger partial charge in [-0.3, -0.25) is 14.2 Å². The lowest BCUT2D eigenvalue weighted by atomic mass is 10.1. The van der Waals surface area contributed by atoms with Gasteiger partial charge in [0.1, 0.15) is 5.82 Å². The summed E-state index contributed by atoms with van der Waals surface area (Å²) in [5.41, 5.74) is 3.13.